The highest BCUT2D eigenvalue weighted by atomic mass is 32.2. The van der Waals surface area contributed by atoms with Crippen molar-refractivity contribution in [2.45, 2.75) is 57.5 Å². The van der Waals surface area contributed by atoms with E-state index in [0.717, 1.165) is 32.2 Å². The van der Waals surface area contributed by atoms with Gasteiger partial charge in [-0.3, -0.25) is 0 Å². The molecule has 0 saturated heterocycles. The average molecular weight is 320 g/mol. The van der Waals surface area contributed by atoms with Gasteiger partial charge in [-0.25, -0.2) is 12.7 Å². The van der Waals surface area contributed by atoms with Gasteiger partial charge in [0.25, 0.3) is 0 Å². The summed E-state index contributed by atoms with van der Waals surface area (Å²) in [5, 5.41) is 3.32. The molecule has 1 fully saturated rings. The van der Waals surface area contributed by atoms with Crippen LogP contribution in [-0.4, -0.2) is 69.2 Å². The van der Waals surface area contributed by atoms with E-state index in [4.69, 9.17) is 0 Å². The van der Waals surface area contributed by atoms with Crippen molar-refractivity contribution in [1.29, 1.82) is 0 Å². The Morgan fingerprint density at radius 3 is 2.19 bits per heavy atom. The lowest BCUT2D eigenvalue weighted by Gasteiger charge is -2.49. The molecular weight excluding hydrogens is 286 g/mol. The van der Waals surface area contributed by atoms with Crippen molar-refractivity contribution in [3.8, 4) is 0 Å². The first-order valence-corrected chi connectivity index (χ1v) is 9.65. The van der Waals surface area contributed by atoms with Crippen molar-refractivity contribution >= 4 is 10.0 Å². The lowest BCUT2D eigenvalue weighted by atomic mass is 9.75. The topological polar surface area (TPSA) is 52.7 Å². The number of hydrogen-bond acceptors (Lipinski definition) is 4. The molecule has 0 radical (unpaired) electrons. The minimum absolute atomic E-state index is 0.0566. The van der Waals surface area contributed by atoms with Gasteiger partial charge in [-0.05, 0) is 52.7 Å². The summed E-state index contributed by atoms with van der Waals surface area (Å²) >= 11 is 0. The highest BCUT2D eigenvalue weighted by molar-refractivity contribution is 7.89. The van der Waals surface area contributed by atoms with Crippen LogP contribution in [0.5, 0.6) is 0 Å². The fourth-order valence-corrected chi connectivity index (χ4v) is 4.12. The Kier molecular flexibility index (Phi) is 7.10. The van der Waals surface area contributed by atoms with Crippen molar-refractivity contribution in [2.75, 3.05) is 40.0 Å². The Balaban J connectivity index is 2.39. The summed E-state index contributed by atoms with van der Waals surface area (Å²) in [6.07, 6.45) is 5.02. The molecule has 0 aliphatic heterocycles. The lowest BCUT2D eigenvalue weighted by Crippen LogP contribution is -2.57. The van der Waals surface area contributed by atoms with Crippen molar-refractivity contribution in [3.63, 3.8) is 0 Å². The zero-order valence-corrected chi connectivity index (χ0v) is 15.2. The summed E-state index contributed by atoms with van der Waals surface area (Å²) in [6, 6.07) is 0.461. The predicted octanol–water partition coefficient (Wildman–Crippen LogP) is 1.51. The van der Waals surface area contributed by atoms with Gasteiger partial charge in [0.1, 0.15) is 0 Å². The maximum absolute atomic E-state index is 12.4. The van der Waals surface area contributed by atoms with Gasteiger partial charge in [-0.1, -0.05) is 13.8 Å². The third-order valence-corrected chi connectivity index (χ3v) is 6.49. The van der Waals surface area contributed by atoms with E-state index in [1.807, 2.05) is 0 Å². The van der Waals surface area contributed by atoms with Gasteiger partial charge in [-0.15, -0.1) is 0 Å². The molecule has 1 rings (SSSR count). The van der Waals surface area contributed by atoms with E-state index < -0.39 is 10.0 Å². The molecule has 0 aromatic carbocycles. The minimum atomic E-state index is -3.13. The lowest BCUT2D eigenvalue weighted by molar-refractivity contribution is 0.0455. The maximum atomic E-state index is 12.4. The van der Waals surface area contributed by atoms with Crippen LogP contribution in [0.4, 0.5) is 0 Å². The first-order valence-electron chi connectivity index (χ1n) is 8.04. The zero-order valence-electron chi connectivity index (χ0n) is 14.4. The SMILES string of the molecule is CC(C)NCCCCS(=O)(=O)N(C)CC1(N(C)C)CCC1. The van der Waals surface area contributed by atoms with Crippen molar-refractivity contribution < 1.29 is 8.42 Å². The number of unbranched alkanes of at least 4 members (excludes halogenated alkanes) is 1. The monoisotopic (exact) mass is 319 g/mol. The van der Waals surface area contributed by atoms with Gasteiger partial charge < -0.3 is 10.2 Å². The highest BCUT2D eigenvalue weighted by Gasteiger charge is 2.41. The molecule has 0 unspecified atom stereocenters. The minimum Gasteiger partial charge on any atom is -0.315 e. The fourth-order valence-electron chi connectivity index (χ4n) is 2.80. The molecule has 1 aliphatic carbocycles. The van der Waals surface area contributed by atoms with Gasteiger partial charge >= 0.3 is 0 Å². The Hall–Kier alpha value is -0.170. The van der Waals surface area contributed by atoms with E-state index in [1.54, 1.807) is 11.4 Å². The van der Waals surface area contributed by atoms with Crippen LogP contribution in [-0.2, 0) is 10.0 Å². The molecule has 0 amide bonds. The average Bonchev–Trinajstić information content (AvgIpc) is 2.31. The molecule has 21 heavy (non-hydrogen) atoms. The van der Waals surface area contributed by atoms with Crippen molar-refractivity contribution in [2.24, 2.45) is 0 Å². The summed E-state index contributed by atoms with van der Waals surface area (Å²) in [6.45, 7) is 5.71. The van der Waals surface area contributed by atoms with E-state index in [-0.39, 0.29) is 11.3 Å². The number of rotatable bonds is 10. The second kappa shape index (κ2) is 7.90. The van der Waals surface area contributed by atoms with Gasteiger partial charge in [0.05, 0.1) is 5.75 Å². The molecule has 126 valence electrons. The molecule has 0 bridgehead atoms. The molecule has 0 atom stereocenters. The number of nitrogens with one attached hydrogen (secondary N) is 1. The summed E-state index contributed by atoms with van der Waals surface area (Å²) < 4.78 is 26.3. The Morgan fingerprint density at radius 2 is 1.76 bits per heavy atom. The van der Waals surface area contributed by atoms with E-state index in [2.05, 4.69) is 38.2 Å². The second-order valence-electron chi connectivity index (χ2n) is 6.86. The molecule has 1 aliphatic rings. The maximum Gasteiger partial charge on any atom is 0.213 e. The Bertz CT molecular complexity index is 403. The molecule has 6 heteroatoms. The fraction of sp³-hybridized carbons (Fsp3) is 1.00. The van der Waals surface area contributed by atoms with Crippen molar-refractivity contribution in [1.82, 2.24) is 14.5 Å². The number of hydrogen-bond donors (Lipinski definition) is 1. The van der Waals surface area contributed by atoms with Crippen LogP contribution in [0.25, 0.3) is 0 Å². The molecule has 1 saturated carbocycles. The second-order valence-corrected chi connectivity index (χ2v) is 9.06. The van der Waals surface area contributed by atoms with Gasteiger partial charge in [0.2, 0.25) is 10.0 Å². The van der Waals surface area contributed by atoms with Crippen LogP contribution in [0.3, 0.4) is 0 Å². The summed E-state index contributed by atoms with van der Waals surface area (Å²) in [4.78, 5) is 2.19. The van der Waals surface area contributed by atoms with Crippen LogP contribution < -0.4 is 5.32 Å². The third kappa shape index (κ3) is 5.51. The number of nitrogens with zero attached hydrogens (tertiary/aromatic N) is 2. The standard InChI is InChI=1S/C15H33N3O2S/c1-14(2)16-11-6-7-12-21(19,20)18(5)13-15(17(3)4)9-8-10-15/h14,16H,6-13H2,1-5H3. The molecule has 5 nitrogen and oxygen atoms in total. The number of sulfonamides is 1. The largest absolute Gasteiger partial charge is 0.315 e. The predicted molar refractivity (Wildman–Crippen MR) is 89.1 cm³/mol. The Labute approximate surface area is 131 Å². The first-order chi connectivity index (χ1) is 9.69. The first kappa shape index (κ1) is 18.9. The van der Waals surface area contributed by atoms with E-state index in [0.29, 0.717) is 12.6 Å². The van der Waals surface area contributed by atoms with Crippen LogP contribution >= 0.6 is 0 Å². The van der Waals surface area contributed by atoms with Crippen LogP contribution in [0, 0.1) is 0 Å². The number of likely N-dealkylation sites (N-methyl/N-ethyl adjacent to an activating group) is 2. The summed E-state index contributed by atoms with van der Waals surface area (Å²) in [5.74, 6) is 0.257. The molecule has 0 heterocycles. The molecule has 0 aromatic rings. The quantitative estimate of drug-likeness (QED) is 0.620. The summed E-state index contributed by atoms with van der Waals surface area (Å²) in [7, 11) is 2.71. The molecule has 1 N–H and O–H groups in total. The highest BCUT2D eigenvalue weighted by Crippen LogP contribution is 2.37. The normalized spacial score (nSPS) is 18.5. The molecular formula is C15H33N3O2S. The van der Waals surface area contributed by atoms with Gasteiger partial charge in [-0.2, -0.15) is 0 Å². The zero-order chi connectivity index (χ0) is 16.1. The van der Waals surface area contributed by atoms with Crippen LogP contribution in [0.2, 0.25) is 0 Å². The van der Waals surface area contributed by atoms with Crippen LogP contribution in [0.15, 0.2) is 0 Å². The van der Waals surface area contributed by atoms with E-state index in [1.165, 1.54) is 6.42 Å². The van der Waals surface area contributed by atoms with Gasteiger partial charge in [0, 0.05) is 25.2 Å². The van der Waals surface area contributed by atoms with E-state index in [9.17, 15) is 8.42 Å². The molecule has 0 aromatic heterocycles. The smallest absolute Gasteiger partial charge is 0.213 e. The summed E-state index contributed by atoms with van der Waals surface area (Å²) in [5.41, 5.74) is 0.0566. The molecule has 0 spiro atoms. The van der Waals surface area contributed by atoms with Crippen molar-refractivity contribution in [3.05, 3.63) is 0 Å². The Morgan fingerprint density at radius 1 is 1.14 bits per heavy atom. The van der Waals surface area contributed by atoms with Crippen LogP contribution in [0.1, 0.15) is 46.0 Å². The van der Waals surface area contributed by atoms with Gasteiger partial charge in [0.15, 0.2) is 0 Å². The third-order valence-electron chi connectivity index (χ3n) is 4.61. The van der Waals surface area contributed by atoms with E-state index >= 15 is 0 Å².